The predicted octanol–water partition coefficient (Wildman–Crippen LogP) is 1.54. The van der Waals surface area contributed by atoms with Gasteiger partial charge in [-0.3, -0.25) is 24.1 Å². The van der Waals surface area contributed by atoms with E-state index in [9.17, 15) is 19.2 Å². The number of carbonyl (C=O) groups is 4. The largest absolute Gasteiger partial charge is 0.342 e. The van der Waals surface area contributed by atoms with Crippen LogP contribution in [-0.4, -0.2) is 63.5 Å². The van der Waals surface area contributed by atoms with E-state index in [4.69, 9.17) is 0 Å². The Labute approximate surface area is 180 Å². The van der Waals surface area contributed by atoms with Crippen molar-refractivity contribution in [3.05, 3.63) is 71.8 Å². The van der Waals surface area contributed by atoms with Crippen molar-refractivity contribution in [1.82, 2.24) is 14.7 Å². The number of carbonyl (C=O) groups excluding carboxylic acids is 4. The monoisotopic (exact) mass is 417 g/mol. The Morgan fingerprint density at radius 3 is 2.23 bits per heavy atom. The molecule has 3 aliphatic rings. The molecule has 2 aromatic rings. The first kappa shape index (κ1) is 19.5. The number of piperazine rings is 1. The van der Waals surface area contributed by atoms with Crippen molar-refractivity contribution < 1.29 is 19.2 Å². The standard InChI is InChI=1S/C24H23N3O4/c1-24-19-18(21(29)26(22(19)30)13-15-9-5-3-6-10-15)17(14-25(2)23(24)31)27(24)20(28)16-11-7-4-8-12-16/h3-12,17-19H,13-14H2,1-2H3/t17-,18+,19-,24-/m1/s1. The van der Waals surface area contributed by atoms with Crippen molar-refractivity contribution in [2.75, 3.05) is 13.6 Å². The molecule has 3 heterocycles. The van der Waals surface area contributed by atoms with Crippen LogP contribution in [-0.2, 0) is 20.9 Å². The number of amides is 4. The number of likely N-dealkylation sites (tertiary alicyclic amines) is 2. The smallest absolute Gasteiger partial charge is 0.255 e. The normalized spacial score (nSPS) is 29.5. The van der Waals surface area contributed by atoms with Gasteiger partial charge < -0.3 is 9.80 Å². The van der Waals surface area contributed by atoms with Gasteiger partial charge >= 0.3 is 0 Å². The molecular formula is C24H23N3O4. The highest BCUT2D eigenvalue weighted by molar-refractivity contribution is 6.13. The minimum Gasteiger partial charge on any atom is -0.342 e. The second kappa shape index (κ2) is 6.77. The van der Waals surface area contributed by atoms with Gasteiger partial charge in [0.25, 0.3) is 5.91 Å². The summed E-state index contributed by atoms with van der Waals surface area (Å²) in [5.41, 5.74) is -0.106. The number of hydrogen-bond donors (Lipinski definition) is 0. The second-order valence-electron chi connectivity index (χ2n) is 8.69. The third-order valence-corrected chi connectivity index (χ3v) is 6.96. The van der Waals surface area contributed by atoms with Crippen molar-refractivity contribution in [1.29, 1.82) is 0 Å². The molecule has 0 unspecified atom stereocenters. The van der Waals surface area contributed by atoms with Crippen LogP contribution < -0.4 is 0 Å². The van der Waals surface area contributed by atoms with E-state index < -0.39 is 23.4 Å². The molecule has 4 atom stereocenters. The van der Waals surface area contributed by atoms with Crippen LogP contribution in [0, 0.1) is 11.8 Å². The van der Waals surface area contributed by atoms with Gasteiger partial charge in [-0.25, -0.2) is 0 Å². The molecular weight excluding hydrogens is 394 g/mol. The molecule has 158 valence electrons. The molecule has 0 radical (unpaired) electrons. The fourth-order valence-corrected chi connectivity index (χ4v) is 5.57. The second-order valence-corrected chi connectivity index (χ2v) is 8.69. The number of likely N-dealkylation sites (N-methyl/N-ethyl adjacent to an activating group) is 1. The van der Waals surface area contributed by atoms with Gasteiger partial charge in [0.15, 0.2) is 0 Å². The van der Waals surface area contributed by atoms with Crippen LogP contribution in [0.3, 0.4) is 0 Å². The summed E-state index contributed by atoms with van der Waals surface area (Å²) in [7, 11) is 1.66. The van der Waals surface area contributed by atoms with Crippen LogP contribution in [0.2, 0.25) is 0 Å². The molecule has 5 rings (SSSR count). The maximum absolute atomic E-state index is 13.5. The van der Waals surface area contributed by atoms with Gasteiger partial charge in [-0.15, -0.1) is 0 Å². The summed E-state index contributed by atoms with van der Waals surface area (Å²) in [6.07, 6.45) is 0. The maximum atomic E-state index is 13.5. The highest BCUT2D eigenvalue weighted by atomic mass is 16.2. The van der Waals surface area contributed by atoms with Gasteiger partial charge in [-0.2, -0.15) is 0 Å². The highest BCUT2D eigenvalue weighted by Gasteiger charge is 2.73. The number of imide groups is 1. The molecule has 3 saturated heterocycles. The summed E-state index contributed by atoms with van der Waals surface area (Å²) >= 11 is 0. The predicted molar refractivity (Wildman–Crippen MR) is 111 cm³/mol. The lowest BCUT2D eigenvalue weighted by Crippen LogP contribution is -2.67. The van der Waals surface area contributed by atoms with E-state index in [1.54, 1.807) is 43.1 Å². The minimum absolute atomic E-state index is 0.172. The first-order chi connectivity index (χ1) is 14.9. The topological polar surface area (TPSA) is 78.0 Å². The van der Waals surface area contributed by atoms with Gasteiger partial charge in [-0.05, 0) is 24.6 Å². The van der Waals surface area contributed by atoms with E-state index in [1.807, 2.05) is 36.4 Å². The quantitative estimate of drug-likeness (QED) is 0.710. The fourth-order valence-electron chi connectivity index (χ4n) is 5.57. The number of benzene rings is 2. The fraction of sp³-hybridized carbons (Fsp3) is 0.333. The molecule has 2 bridgehead atoms. The Hall–Kier alpha value is -3.48. The number of nitrogens with zero attached hydrogens (tertiary/aromatic N) is 3. The van der Waals surface area contributed by atoms with E-state index in [-0.39, 0.29) is 36.7 Å². The Bertz CT molecular complexity index is 1090. The molecule has 0 aliphatic carbocycles. The van der Waals surface area contributed by atoms with Crippen molar-refractivity contribution in [3.8, 4) is 0 Å². The first-order valence-corrected chi connectivity index (χ1v) is 10.4. The molecule has 2 aromatic carbocycles. The van der Waals surface area contributed by atoms with Crippen LogP contribution in [0.4, 0.5) is 0 Å². The molecule has 7 nitrogen and oxygen atoms in total. The Kier molecular flexibility index (Phi) is 4.25. The first-order valence-electron chi connectivity index (χ1n) is 10.4. The zero-order valence-electron chi connectivity index (χ0n) is 17.4. The van der Waals surface area contributed by atoms with Gasteiger partial charge in [0.1, 0.15) is 5.54 Å². The van der Waals surface area contributed by atoms with Crippen molar-refractivity contribution >= 4 is 23.6 Å². The lowest BCUT2D eigenvalue weighted by Gasteiger charge is -2.47. The van der Waals surface area contributed by atoms with E-state index >= 15 is 0 Å². The zero-order valence-corrected chi connectivity index (χ0v) is 17.4. The average Bonchev–Trinajstić information content (AvgIpc) is 3.16. The van der Waals surface area contributed by atoms with E-state index in [0.717, 1.165) is 5.56 Å². The summed E-state index contributed by atoms with van der Waals surface area (Å²) in [6, 6.07) is 17.5. The maximum Gasteiger partial charge on any atom is 0.255 e. The lowest BCUT2D eigenvalue weighted by atomic mass is 9.81. The molecule has 7 heteroatoms. The minimum atomic E-state index is -1.40. The van der Waals surface area contributed by atoms with Gasteiger partial charge in [0.05, 0.1) is 24.4 Å². The van der Waals surface area contributed by atoms with Gasteiger partial charge in [-0.1, -0.05) is 48.5 Å². The van der Waals surface area contributed by atoms with Crippen LogP contribution in [0.1, 0.15) is 22.8 Å². The molecule has 3 aliphatic heterocycles. The Morgan fingerprint density at radius 1 is 0.968 bits per heavy atom. The molecule has 3 fully saturated rings. The van der Waals surface area contributed by atoms with Crippen molar-refractivity contribution in [2.24, 2.45) is 11.8 Å². The van der Waals surface area contributed by atoms with Crippen LogP contribution in [0.5, 0.6) is 0 Å². The summed E-state index contributed by atoms with van der Waals surface area (Å²) in [4.78, 5) is 58.1. The number of rotatable bonds is 3. The lowest BCUT2D eigenvalue weighted by molar-refractivity contribution is -0.154. The highest BCUT2D eigenvalue weighted by Crippen LogP contribution is 2.52. The third kappa shape index (κ3) is 2.59. The van der Waals surface area contributed by atoms with E-state index in [0.29, 0.717) is 5.56 Å². The molecule has 31 heavy (non-hydrogen) atoms. The van der Waals surface area contributed by atoms with Gasteiger partial charge in [0.2, 0.25) is 17.7 Å². The average molecular weight is 417 g/mol. The summed E-state index contributed by atoms with van der Waals surface area (Å²) in [5, 5.41) is 0. The van der Waals surface area contributed by atoms with E-state index in [1.165, 1.54) is 9.80 Å². The van der Waals surface area contributed by atoms with E-state index in [2.05, 4.69) is 0 Å². The van der Waals surface area contributed by atoms with Crippen LogP contribution in [0.25, 0.3) is 0 Å². The van der Waals surface area contributed by atoms with Crippen LogP contribution in [0.15, 0.2) is 60.7 Å². The molecule has 0 aromatic heterocycles. The SMILES string of the molecule is CN1C[C@@H]2[C@@H]3C(=O)N(Cc4ccccc4)C(=O)[C@@H]3[C@](C)(C1=O)N2C(=O)c1ccccc1. The molecule has 0 spiro atoms. The zero-order chi connectivity index (χ0) is 21.9. The Morgan fingerprint density at radius 2 is 1.58 bits per heavy atom. The van der Waals surface area contributed by atoms with Crippen LogP contribution >= 0.6 is 0 Å². The number of hydrogen-bond acceptors (Lipinski definition) is 4. The molecule has 0 N–H and O–H groups in total. The number of fused-ring (bicyclic) bond motifs is 5. The third-order valence-electron chi connectivity index (χ3n) is 6.96. The summed E-state index contributed by atoms with van der Waals surface area (Å²) in [5.74, 6) is -2.90. The summed E-state index contributed by atoms with van der Waals surface area (Å²) < 4.78 is 0. The Balaban J connectivity index is 1.56. The van der Waals surface area contributed by atoms with Crippen molar-refractivity contribution in [2.45, 2.75) is 25.0 Å². The molecule has 4 amide bonds. The summed E-state index contributed by atoms with van der Waals surface area (Å²) in [6.45, 7) is 2.04. The van der Waals surface area contributed by atoms with Gasteiger partial charge in [0, 0.05) is 19.2 Å². The molecule has 0 saturated carbocycles. The van der Waals surface area contributed by atoms with Crippen molar-refractivity contribution in [3.63, 3.8) is 0 Å².